The van der Waals surface area contributed by atoms with Crippen molar-refractivity contribution in [2.75, 3.05) is 31.4 Å². The number of carboxylic acid groups (broad SMARTS) is 1. The van der Waals surface area contributed by atoms with Crippen molar-refractivity contribution in [3.05, 3.63) is 59.7 Å². The number of rotatable bonds is 6. The van der Waals surface area contributed by atoms with Gasteiger partial charge in [0.1, 0.15) is 0 Å². The summed E-state index contributed by atoms with van der Waals surface area (Å²) in [4.78, 5) is 25.6. The van der Waals surface area contributed by atoms with Gasteiger partial charge in [-0.25, -0.2) is 10.2 Å². The Morgan fingerprint density at radius 3 is 2.24 bits per heavy atom. The molecule has 0 aliphatic rings. The van der Waals surface area contributed by atoms with E-state index >= 15 is 0 Å². The number of nitrogens with zero attached hydrogens (tertiary/aromatic N) is 2. The molecular formula is C18H20N4O3. The molecule has 1 amide bonds. The molecule has 0 atom stereocenters. The molecule has 0 aromatic heterocycles. The van der Waals surface area contributed by atoms with Crippen LogP contribution in [-0.4, -0.2) is 43.8 Å². The van der Waals surface area contributed by atoms with Gasteiger partial charge in [0.05, 0.1) is 0 Å². The first-order valence-electron chi connectivity index (χ1n) is 7.60. The normalized spacial score (nSPS) is 10.9. The molecule has 7 nitrogen and oxygen atoms in total. The second-order valence-corrected chi connectivity index (χ2v) is 5.44. The number of carboxylic acids is 1. The maximum atomic E-state index is 12.2. The zero-order valence-electron chi connectivity index (χ0n) is 14.3. The summed E-state index contributed by atoms with van der Waals surface area (Å²) in [7, 11) is 5.48. The Bertz CT molecular complexity index is 798. The van der Waals surface area contributed by atoms with Crippen LogP contribution in [0.5, 0.6) is 0 Å². The van der Waals surface area contributed by atoms with Crippen molar-refractivity contribution >= 4 is 29.0 Å². The lowest BCUT2D eigenvalue weighted by Gasteiger charge is -2.12. The molecule has 2 aromatic rings. The molecule has 0 radical (unpaired) electrons. The predicted octanol–water partition coefficient (Wildman–Crippen LogP) is 2.01. The molecule has 2 aromatic carbocycles. The van der Waals surface area contributed by atoms with Gasteiger partial charge in [-0.05, 0) is 30.3 Å². The monoisotopic (exact) mass is 340 g/mol. The minimum absolute atomic E-state index is 0.247. The largest absolute Gasteiger partial charge is 0.476 e. The second kappa shape index (κ2) is 7.96. The quantitative estimate of drug-likeness (QED) is 0.552. The van der Waals surface area contributed by atoms with Crippen LogP contribution in [0.2, 0.25) is 0 Å². The summed E-state index contributed by atoms with van der Waals surface area (Å²) < 4.78 is 0. The summed E-state index contributed by atoms with van der Waals surface area (Å²) in [5.41, 5.74) is 4.40. The molecule has 2 rings (SSSR count). The van der Waals surface area contributed by atoms with Gasteiger partial charge in [0.2, 0.25) is 0 Å². The van der Waals surface area contributed by atoms with Gasteiger partial charge in [0, 0.05) is 43.6 Å². The maximum absolute atomic E-state index is 12.2. The van der Waals surface area contributed by atoms with Crippen LogP contribution in [0, 0.1) is 0 Å². The fourth-order valence-corrected chi connectivity index (χ4v) is 2.21. The van der Waals surface area contributed by atoms with Crippen LogP contribution in [0.15, 0.2) is 53.6 Å². The van der Waals surface area contributed by atoms with E-state index in [-0.39, 0.29) is 5.71 Å². The van der Waals surface area contributed by atoms with E-state index in [1.165, 1.54) is 0 Å². The number of para-hydroxylation sites is 1. The van der Waals surface area contributed by atoms with Crippen LogP contribution in [0.25, 0.3) is 0 Å². The highest BCUT2D eigenvalue weighted by Gasteiger charge is 2.17. The van der Waals surface area contributed by atoms with Gasteiger partial charge < -0.3 is 15.3 Å². The van der Waals surface area contributed by atoms with E-state index in [2.05, 4.69) is 15.8 Å². The van der Waals surface area contributed by atoms with E-state index in [4.69, 9.17) is 0 Å². The van der Waals surface area contributed by atoms with Crippen LogP contribution in [0.1, 0.15) is 15.9 Å². The number of hydrazone groups is 1. The Morgan fingerprint density at radius 2 is 1.68 bits per heavy atom. The highest BCUT2D eigenvalue weighted by molar-refractivity contribution is 6.43. The maximum Gasteiger partial charge on any atom is 0.357 e. The van der Waals surface area contributed by atoms with E-state index in [0.717, 1.165) is 5.69 Å². The molecule has 130 valence electrons. The zero-order chi connectivity index (χ0) is 18.4. The van der Waals surface area contributed by atoms with Crippen LogP contribution < -0.4 is 15.6 Å². The summed E-state index contributed by atoms with van der Waals surface area (Å²) in [5.74, 6) is -1.71. The Labute approximate surface area is 146 Å². The fraction of sp³-hybridized carbons (Fsp3) is 0.167. The van der Waals surface area contributed by atoms with Gasteiger partial charge in [-0.2, -0.15) is 5.10 Å². The van der Waals surface area contributed by atoms with Gasteiger partial charge in [-0.1, -0.05) is 18.2 Å². The van der Waals surface area contributed by atoms with Crippen LogP contribution in [0.4, 0.5) is 11.4 Å². The third-order valence-corrected chi connectivity index (χ3v) is 3.57. The van der Waals surface area contributed by atoms with Gasteiger partial charge >= 0.3 is 5.97 Å². The van der Waals surface area contributed by atoms with Gasteiger partial charge in [-0.3, -0.25) is 4.79 Å². The molecule has 0 aliphatic heterocycles. The average molecular weight is 340 g/mol. The van der Waals surface area contributed by atoms with Crippen LogP contribution in [-0.2, 0) is 4.79 Å². The summed E-state index contributed by atoms with van der Waals surface area (Å²) in [6.45, 7) is 0. The van der Waals surface area contributed by atoms with E-state index in [9.17, 15) is 14.7 Å². The standard InChI is InChI=1S/C18H20N4O3/c1-19-15-7-5-4-6-14(15)16(18(24)25)20-21-17(23)12-8-10-13(11-9-12)22(2)3/h4-11,19H,1-3H3,(H,21,23)(H,24,25)/b20-16-. The molecule has 0 unspecified atom stereocenters. The highest BCUT2D eigenvalue weighted by atomic mass is 16.4. The number of carbonyl (C=O) groups excluding carboxylic acids is 1. The summed E-state index contributed by atoms with van der Waals surface area (Å²) in [6, 6.07) is 13.7. The smallest absolute Gasteiger partial charge is 0.357 e. The fourth-order valence-electron chi connectivity index (χ4n) is 2.21. The first kappa shape index (κ1) is 18.0. The molecule has 0 saturated heterocycles. The lowest BCUT2D eigenvalue weighted by Crippen LogP contribution is -2.24. The van der Waals surface area contributed by atoms with Crippen molar-refractivity contribution in [2.45, 2.75) is 0 Å². The number of hydrogen-bond acceptors (Lipinski definition) is 5. The summed E-state index contributed by atoms with van der Waals surface area (Å²) in [6.07, 6.45) is 0. The molecule has 0 fully saturated rings. The summed E-state index contributed by atoms with van der Waals surface area (Å²) >= 11 is 0. The van der Waals surface area contributed by atoms with Gasteiger partial charge in [0.15, 0.2) is 5.71 Å². The molecule has 3 N–H and O–H groups in total. The van der Waals surface area contributed by atoms with Crippen molar-refractivity contribution < 1.29 is 14.7 Å². The highest BCUT2D eigenvalue weighted by Crippen LogP contribution is 2.16. The Balaban J connectivity index is 2.24. The third-order valence-electron chi connectivity index (χ3n) is 3.57. The first-order chi connectivity index (χ1) is 11.9. The molecule has 0 saturated carbocycles. The molecule has 0 heterocycles. The molecule has 0 spiro atoms. The third kappa shape index (κ3) is 4.35. The van der Waals surface area contributed by atoms with E-state index in [0.29, 0.717) is 16.8 Å². The lowest BCUT2D eigenvalue weighted by molar-refractivity contribution is -0.129. The summed E-state index contributed by atoms with van der Waals surface area (Å²) in [5, 5.41) is 16.1. The average Bonchev–Trinajstić information content (AvgIpc) is 2.61. The number of nitrogens with one attached hydrogen (secondary N) is 2. The molecule has 0 bridgehead atoms. The van der Waals surface area contributed by atoms with Crippen LogP contribution >= 0.6 is 0 Å². The number of hydrogen-bond donors (Lipinski definition) is 3. The molecular weight excluding hydrogens is 320 g/mol. The van der Waals surface area contributed by atoms with Gasteiger partial charge in [-0.15, -0.1) is 0 Å². The van der Waals surface area contributed by atoms with Gasteiger partial charge in [0.25, 0.3) is 5.91 Å². The van der Waals surface area contributed by atoms with E-state index < -0.39 is 11.9 Å². The minimum atomic E-state index is -1.23. The topological polar surface area (TPSA) is 94.0 Å². The number of amides is 1. The van der Waals surface area contributed by atoms with Crippen molar-refractivity contribution in [2.24, 2.45) is 5.10 Å². The van der Waals surface area contributed by atoms with Crippen molar-refractivity contribution in [3.8, 4) is 0 Å². The first-order valence-corrected chi connectivity index (χ1v) is 7.60. The zero-order valence-corrected chi connectivity index (χ0v) is 14.3. The Hall–Kier alpha value is -3.35. The van der Waals surface area contributed by atoms with E-state index in [1.807, 2.05) is 19.0 Å². The molecule has 25 heavy (non-hydrogen) atoms. The lowest BCUT2D eigenvalue weighted by atomic mass is 10.1. The predicted molar refractivity (Wildman–Crippen MR) is 98.4 cm³/mol. The van der Waals surface area contributed by atoms with E-state index in [1.54, 1.807) is 55.6 Å². The number of aliphatic carboxylic acids is 1. The second-order valence-electron chi connectivity index (χ2n) is 5.44. The van der Waals surface area contributed by atoms with Crippen molar-refractivity contribution in [1.82, 2.24) is 5.43 Å². The van der Waals surface area contributed by atoms with Crippen molar-refractivity contribution in [3.63, 3.8) is 0 Å². The van der Waals surface area contributed by atoms with Crippen molar-refractivity contribution in [1.29, 1.82) is 0 Å². The molecule has 7 heteroatoms. The molecule has 0 aliphatic carbocycles. The Kier molecular flexibility index (Phi) is 5.73. The Morgan fingerprint density at radius 1 is 1.04 bits per heavy atom. The number of anilines is 2. The minimum Gasteiger partial charge on any atom is -0.476 e. The number of carbonyl (C=O) groups is 2. The SMILES string of the molecule is CNc1ccccc1/C(=N/NC(=O)c1ccc(N(C)C)cc1)C(=O)O. The van der Waals surface area contributed by atoms with Crippen LogP contribution in [0.3, 0.4) is 0 Å². The number of benzene rings is 2.